The van der Waals surface area contributed by atoms with E-state index in [-0.39, 0.29) is 17.9 Å². The molecule has 88 valence electrons. The molecule has 0 radical (unpaired) electrons. The number of rotatable bonds is 6. The summed E-state index contributed by atoms with van der Waals surface area (Å²) in [5, 5.41) is 17.5. The van der Waals surface area contributed by atoms with Gasteiger partial charge in [-0.15, -0.1) is 0 Å². The monoisotopic (exact) mass is 225 g/mol. The summed E-state index contributed by atoms with van der Waals surface area (Å²) in [7, 11) is 0. The number of unbranched alkanes of at least 4 members (excludes halogenated alkanes) is 2. The van der Waals surface area contributed by atoms with Crippen molar-refractivity contribution in [2.75, 3.05) is 6.61 Å². The minimum absolute atomic E-state index is 0.0106. The van der Waals surface area contributed by atoms with Crippen LogP contribution < -0.4 is 5.56 Å². The van der Waals surface area contributed by atoms with Crippen LogP contribution >= 0.6 is 0 Å². The maximum atomic E-state index is 11.5. The van der Waals surface area contributed by atoms with Crippen LogP contribution in [0.3, 0.4) is 0 Å². The number of nitrogens with zero attached hydrogens (tertiary/aromatic N) is 1. The third-order valence-corrected chi connectivity index (χ3v) is 2.31. The lowest BCUT2D eigenvalue weighted by Crippen LogP contribution is -2.25. The number of aliphatic hydroxyl groups excluding tert-OH is 1. The Bertz CT molecular complexity index is 411. The van der Waals surface area contributed by atoms with E-state index in [4.69, 9.17) is 10.2 Å². The van der Waals surface area contributed by atoms with Crippen LogP contribution in [0.4, 0.5) is 0 Å². The summed E-state index contributed by atoms with van der Waals surface area (Å²) in [6.07, 6.45) is 2.13. The molecule has 0 unspecified atom stereocenters. The van der Waals surface area contributed by atoms with E-state index in [1.54, 1.807) is 0 Å². The van der Waals surface area contributed by atoms with Gasteiger partial charge in [-0.2, -0.15) is 0 Å². The molecule has 16 heavy (non-hydrogen) atoms. The Morgan fingerprint density at radius 3 is 2.62 bits per heavy atom. The summed E-state index contributed by atoms with van der Waals surface area (Å²) < 4.78 is 1.25. The molecule has 2 N–H and O–H groups in total. The highest BCUT2D eigenvalue weighted by Gasteiger charge is 2.09. The van der Waals surface area contributed by atoms with Gasteiger partial charge in [0.2, 0.25) is 0 Å². The summed E-state index contributed by atoms with van der Waals surface area (Å²) in [5.41, 5.74) is -0.291. The Kier molecular flexibility index (Phi) is 4.72. The van der Waals surface area contributed by atoms with Gasteiger partial charge in [-0.3, -0.25) is 4.79 Å². The number of carbonyl (C=O) groups is 1. The fraction of sp³-hybridized carbons (Fsp3) is 0.455. The van der Waals surface area contributed by atoms with Crippen molar-refractivity contribution in [1.29, 1.82) is 0 Å². The molecule has 5 heteroatoms. The topological polar surface area (TPSA) is 79.5 Å². The molecule has 1 heterocycles. The molecule has 0 atom stereocenters. The molecule has 1 rings (SSSR count). The van der Waals surface area contributed by atoms with Gasteiger partial charge in [-0.1, -0.05) is 6.07 Å². The predicted octanol–water partition coefficient (Wildman–Crippen LogP) is 0.709. The van der Waals surface area contributed by atoms with E-state index >= 15 is 0 Å². The van der Waals surface area contributed by atoms with Crippen LogP contribution in [0.2, 0.25) is 0 Å². The van der Waals surface area contributed by atoms with Crippen molar-refractivity contribution in [2.24, 2.45) is 0 Å². The zero-order chi connectivity index (χ0) is 12.0. The average Bonchev–Trinajstić information content (AvgIpc) is 2.25. The third kappa shape index (κ3) is 3.20. The number of carboxylic acid groups (broad SMARTS) is 1. The molecular formula is C11H15NO4. The molecule has 0 fully saturated rings. The van der Waals surface area contributed by atoms with Crippen molar-refractivity contribution < 1.29 is 15.0 Å². The molecule has 0 spiro atoms. The highest BCUT2D eigenvalue weighted by molar-refractivity contribution is 5.85. The van der Waals surface area contributed by atoms with Crippen LogP contribution in [-0.2, 0) is 6.54 Å². The average molecular weight is 225 g/mol. The second kappa shape index (κ2) is 6.07. The third-order valence-electron chi connectivity index (χ3n) is 2.31. The number of aromatic nitrogens is 1. The Hall–Kier alpha value is -1.62. The van der Waals surface area contributed by atoms with Crippen molar-refractivity contribution in [3.8, 4) is 0 Å². The van der Waals surface area contributed by atoms with Crippen LogP contribution in [0.1, 0.15) is 29.8 Å². The first-order chi connectivity index (χ1) is 7.66. The number of aromatic carboxylic acids is 1. The van der Waals surface area contributed by atoms with E-state index in [2.05, 4.69) is 0 Å². The van der Waals surface area contributed by atoms with Crippen LogP contribution in [0, 0.1) is 0 Å². The fourth-order valence-electron chi connectivity index (χ4n) is 1.50. The van der Waals surface area contributed by atoms with Gasteiger partial charge >= 0.3 is 5.97 Å². The minimum Gasteiger partial charge on any atom is -0.477 e. The normalized spacial score (nSPS) is 10.3. The van der Waals surface area contributed by atoms with Gasteiger partial charge < -0.3 is 14.8 Å². The zero-order valence-corrected chi connectivity index (χ0v) is 8.93. The molecule has 0 bridgehead atoms. The van der Waals surface area contributed by atoms with Crippen LogP contribution in [0.15, 0.2) is 23.0 Å². The van der Waals surface area contributed by atoms with Gasteiger partial charge in [-0.05, 0) is 25.3 Å². The standard InChI is InChI=1S/C11H15NO4/c13-8-3-1-2-7-12-9(11(15)16)5-4-6-10(12)14/h4-6,13H,1-3,7-8H2,(H,15,16). The summed E-state index contributed by atoms with van der Waals surface area (Å²) in [6, 6.07) is 4.20. The molecule has 0 saturated heterocycles. The van der Waals surface area contributed by atoms with E-state index in [0.717, 1.165) is 6.42 Å². The Morgan fingerprint density at radius 2 is 2.00 bits per heavy atom. The zero-order valence-electron chi connectivity index (χ0n) is 8.93. The van der Waals surface area contributed by atoms with Gasteiger partial charge in [0.25, 0.3) is 5.56 Å². The predicted molar refractivity (Wildman–Crippen MR) is 58.6 cm³/mol. The second-order valence-electron chi connectivity index (χ2n) is 3.49. The largest absolute Gasteiger partial charge is 0.477 e. The number of hydrogen-bond acceptors (Lipinski definition) is 3. The smallest absolute Gasteiger partial charge is 0.352 e. The summed E-state index contributed by atoms with van der Waals surface area (Å²) in [5.74, 6) is -1.10. The number of aliphatic hydroxyl groups is 1. The molecule has 1 aromatic heterocycles. The van der Waals surface area contributed by atoms with E-state index in [1.807, 2.05) is 0 Å². The molecule has 0 aromatic carbocycles. The maximum Gasteiger partial charge on any atom is 0.352 e. The van der Waals surface area contributed by atoms with Gasteiger partial charge in [0.1, 0.15) is 5.69 Å². The van der Waals surface area contributed by atoms with E-state index < -0.39 is 5.97 Å². The molecule has 0 aliphatic carbocycles. The van der Waals surface area contributed by atoms with Crippen molar-refractivity contribution >= 4 is 5.97 Å². The molecule has 0 saturated carbocycles. The Morgan fingerprint density at radius 1 is 1.25 bits per heavy atom. The lowest BCUT2D eigenvalue weighted by molar-refractivity contribution is 0.0683. The number of carboxylic acids is 1. The Labute approximate surface area is 93.0 Å². The molecule has 0 amide bonds. The van der Waals surface area contributed by atoms with Gasteiger partial charge in [-0.25, -0.2) is 4.79 Å². The van der Waals surface area contributed by atoms with Crippen LogP contribution in [0.25, 0.3) is 0 Å². The lowest BCUT2D eigenvalue weighted by Gasteiger charge is -2.08. The lowest BCUT2D eigenvalue weighted by atomic mass is 10.2. The summed E-state index contributed by atoms with van der Waals surface area (Å²) >= 11 is 0. The number of hydrogen-bond donors (Lipinski definition) is 2. The van der Waals surface area contributed by atoms with Gasteiger partial charge in [0, 0.05) is 19.2 Å². The highest BCUT2D eigenvalue weighted by Crippen LogP contribution is 2.01. The van der Waals surface area contributed by atoms with E-state index in [9.17, 15) is 9.59 Å². The number of pyridine rings is 1. The second-order valence-corrected chi connectivity index (χ2v) is 3.49. The first-order valence-electron chi connectivity index (χ1n) is 5.21. The van der Waals surface area contributed by atoms with Crippen LogP contribution in [0.5, 0.6) is 0 Å². The minimum atomic E-state index is -1.10. The van der Waals surface area contributed by atoms with Crippen LogP contribution in [-0.4, -0.2) is 27.4 Å². The van der Waals surface area contributed by atoms with E-state index in [1.165, 1.54) is 22.8 Å². The first kappa shape index (κ1) is 12.4. The molecule has 0 aliphatic rings. The van der Waals surface area contributed by atoms with Crippen molar-refractivity contribution in [2.45, 2.75) is 25.8 Å². The molecule has 5 nitrogen and oxygen atoms in total. The first-order valence-corrected chi connectivity index (χ1v) is 5.21. The molecular weight excluding hydrogens is 210 g/mol. The fourth-order valence-corrected chi connectivity index (χ4v) is 1.50. The van der Waals surface area contributed by atoms with Crippen molar-refractivity contribution in [3.63, 3.8) is 0 Å². The summed E-state index contributed by atoms with van der Waals surface area (Å²) in [6.45, 7) is 0.497. The van der Waals surface area contributed by atoms with Gasteiger partial charge in [0.15, 0.2) is 0 Å². The maximum absolute atomic E-state index is 11.5. The SMILES string of the molecule is O=C(O)c1cccc(=O)n1CCCCCO. The van der Waals surface area contributed by atoms with E-state index in [0.29, 0.717) is 19.4 Å². The Balaban J connectivity index is 2.77. The highest BCUT2D eigenvalue weighted by atomic mass is 16.4. The van der Waals surface area contributed by atoms with Crippen molar-refractivity contribution in [3.05, 3.63) is 34.2 Å². The van der Waals surface area contributed by atoms with Crippen molar-refractivity contribution in [1.82, 2.24) is 4.57 Å². The molecule has 1 aromatic rings. The van der Waals surface area contributed by atoms with Gasteiger partial charge in [0.05, 0.1) is 0 Å². The quantitative estimate of drug-likeness (QED) is 0.699. The molecule has 0 aliphatic heterocycles. The summed E-state index contributed by atoms with van der Waals surface area (Å²) in [4.78, 5) is 22.3.